The monoisotopic (exact) mass is 255 g/mol. The highest BCUT2D eigenvalue weighted by Crippen LogP contribution is 2.16. The molecule has 0 fully saturated rings. The van der Waals surface area contributed by atoms with E-state index in [4.69, 9.17) is 14.2 Å². The molecule has 0 spiro atoms. The molecule has 0 aromatic heterocycles. The topological polar surface area (TPSA) is 70.8 Å². The smallest absolute Gasteiger partial charge is 0.269 e. The van der Waals surface area contributed by atoms with Gasteiger partial charge in [0.2, 0.25) is 0 Å². The Morgan fingerprint density at radius 1 is 1.06 bits per heavy atom. The van der Waals surface area contributed by atoms with Crippen molar-refractivity contribution in [3.8, 4) is 5.75 Å². The Morgan fingerprint density at radius 3 is 2.28 bits per heavy atom. The fourth-order valence-electron chi connectivity index (χ4n) is 1.25. The molecule has 0 N–H and O–H groups in total. The maximum Gasteiger partial charge on any atom is 0.269 e. The summed E-state index contributed by atoms with van der Waals surface area (Å²) in [6, 6.07) is 5.95. The lowest BCUT2D eigenvalue weighted by Gasteiger charge is -2.07. The first-order valence-electron chi connectivity index (χ1n) is 5.76. The van der Waals surface area contributed by atoms with Gasteiger partial charge in [0, 0.05) is 18.7 Å². The normalized spacial score (nSPS) is 10.3. The van der Waals surface area contributed by atoms with Crippen LogP contribution in [0.15, 0.2) is 24.3 Å². The van der Waals surface area contributed by atoms with Crippen molar-refractivity contribution >= 4 is 5.69 Å². The number of ether oxygens (including phenoxy) is 3. The third-order valence-electron chi connectivity index (χ3n) is 2.12. The number of rotatable bonds is 9. The number of hydrogen-bond acceptors (Lipinski definition) is 5. The van der Waals surface area contributed by atoms with E-state index in [-0.39, 0.29) is 5.69 Å². The van der Waals surface area contributed by atoms with E-state index in [0.29, 0.717) is 38.8 Å². The summed E-state index contributed by atoms with van der Waals surface area (Å²) in [5.41, 5.74) is 0.0512. The Kier molecular flexibility index (Phi) is 6.75. The molecule has 1 rings (SSSR count). The predicted molar refractivity (Wildman–Crippen MR) is 65.9 cm³/mol. The molecule has 0 radical (unpaired) electrons. The van der Waals surface area contributed by atoms with Crippen LogP contribution in [0.5, 0.6) is 5.75 Å². The van der Waals surface area contributed by atoms with Crippen molar-refractivity contribution in [2.24, 2.45) is 0 Å². The molecule has 0 unspecified atom stereocenters. The van der Waals surface area contributed by atoms with Gasteiger partial charge in [-0.2, -0.15) is 0 Å². The van der Waals surface area contributed by atoms with E-state index < -0.39 is 4.92 Å². The van der Waals surface area contributed by atoms with Gasteiger partial charge in [-0.3, -0.25) is 10.1 Å². The molecule has 0 saturated carbocycles. The predicted octanol–water partition coefficient (Wildman–Crippen LogP) is 2.03. The van der Waals surface area contributed by atoms with Crippen LogP contribution in [-0.2, 0) is 9.47 Å². The highest BCUT2D eigenvalue weighted by Gasteiger charge is 2.03. The molecule has 6 heteroatoms. The van der Waals surface area contributed by atoms with Gasteiger partial charge in [-0.15, -0.1) is 0 Å². The highest BCUT2D eigenvalue weighted by molar-refractivity contribution is 5.35. The fourth-order valence-corrected chi connectivity index (χ4v) is 1.25. The number of nitro benzene ring substituents is 1. The molecule has 0 aliphatic carbocycles. The molecule has 0 aliphatic rings. The summed E-state index contributed by atoms with van der Waals surface area (Å²) in [6.07, 6.45) is 0. The molecule has 18 heavy (non-hydrogen) atoms. The Bertz CT molecular complexity index is 352. The molecule has 0 aliphatic heterocycles. The molecule has 1 aromatic rings. The van der Waals surface area contributed by atoms with E-state index >= 15 is 0 Å². The highest BCUT2D eigenvalue weighted by atomic mass is 16.6. The van der Waals surface area contributed by atoms with Gasteiger partial charge in [0.05, 0.1) is 24.7 Å². The zero-order valence-electron chi connectivity index (χ0n) is 10.3. The van der Waals surface area contributed by atoms with Crippen LogP contribution in [0.3, 0.4) is 0 Å². The van der Waals surface area contributed by atoms with Gasteiger partial charge in [0.15, 0.2) is 0 Å². The molecule has 6 nitrogen and oxygen atoms in total. The number of nitrogens with zero attached hydrogens (tertiary/aromatic N) is 1. The van der Waals surface area contributed by atoms with E-state index in [1.807, 2.05) is 6.92 Å². The van der Waals surface area contributed by atoms with Gasteiger partial charge in [-0.05, 0) is 19.1 Å². The van der Waals surface area contributed by atoms with Crippen LogP contribution in [0, 0.1) is 10.1 Å². The van der Waals surface area contributed by atoms with Crippen molar-refractivity contribution in [1.29, 1.82) is 0 Å². The standard InChI is InChI=1S/C12H17NO5/c1-2-16-7-8-17-9-10-18-12-5-3-11(4-6-12)13(14)15/h3-6H,2,7-10H2,1H3. The van der Waals surface area contributed by atoms with E-state index in [0.717, 1.165) is 0 Å². The van der Waals surface area contributed by atoms with Gasteiger partial charge < -0.3 is 14.2 Å². The SMILES string of the molecule is CCOCCOCCOc1ccc([N+](=O)[O-])cc1. The average molecular weight is 255 g/mol. The molecule has 0 amide bonds. The Balaban J connectivity index is 2.14. The van der Waals surface area contributed by atoms with Crippen molar-refractivity contribution in [1.82, 2.24) is 0 Å². The molecule has 0 saturated heterocycles. The summed E-state index contributed by atoms with van der Waals surface area (Å²) in [4.78, 5) is 9.99. The van der Waals surface area contributed by atoms with Crippen molar-refractivity contribution in [2.75, 3.05) is 33.0 Å². The quantitative estimate of drug-likeness (QED) is 0.383. The minimum atomic E-state index is -0.444. The molecule has 1 aromatic carbocycles. The van der Waals surface area contributed by atoms with Crippen LogP contribution in [0.25, 0.3) is 0 Å². The number of benzene rings is 1. The van der Waals surface area contributed by atoms with E-state index in [2.05, 4.69) is 0 Å². The van der Waals surface area contributed by atoms with Gasteiger partial charge in [-0.1, -0.05) is 0 Å². The maximum absolute atomic E-state index is 10.4. The van der Waals surface area contributed by atoms with Gasteiger partial charge >= 0.3 is 0 Å². The Labute approximate surface area is 106 Å². The second-order valence-corrected chi connectivity index (χ2v) is 3.41. The molecule has 0 heterocycles. The third-order valence-corrected chi connectivity index (χ3v) is 2.12. The summed E-state index contributed by atoms with van der Waals surface area (Å²) in [7, 11) is 0. The number of hydrogen-bond donors (Lipinski definition) is 0. The lowest BCUT2D eigenvalue weighted by Crippen LogP contribution is -2.10. The van der Waals surface area contributed by atoms with Crippen LogP contribution in [0.4, 0.5) is 5.69 Å². The van der Waals surface area contributed by atoms with Gasteiger partial charge in [-0.25, -0.2) is 0 Å². The van der Waals surface area contributed by atoms with Crippen molar-refractivity contribution < 1.29 is 19.1 Å². The van der Waals surface area contributed by atoms with Crippen LogP contribution < -0.4 is 4.74 Å². The van der Waals surface area contributed by atoms with Gasteiger partial charge in [0.1, 0.15) is 12.4 Å². The van der Waals surface area contributed by atoms with Crippen molar-refractivity contribution in [3.63, 3.8) is 0 Å². The third kappa shape index (κ3) is 5.60. The second kappa shape index (κ2) is 8.43. The molecule has 0 bridgehead atoms. The molecular formula is C12H17NO5. The first-order valence-corrected chi connectivity index (χ1v) is 5.76. The van der Waals surface area contributed by atoms with Crippen molar-refractivity contribution in [2.45, 2.75) is 6.92 Å². The zero-order valence-corrected chi connectivity index (χ0v) is 10.3. The summed E-state index contributed by atoms with van der Waals surface area (Å²) in [5.74, 6) is 0.592. The van der Waals surface area contributed by atoms with E-state index in [9.17, 15) is 10.1 Å². The summed E-state index contributed by atoms with van der Waals surface area (Å²) >= 11 is 0. The van der Waals surface area contributed by atoms with Gasteiger partial charge in [0.25, 0.3) is 5.69 Å². The Hall–Kier alpha value is -1.66. The number of non-ortho nitro benzene ring substituents is 1. The second-order valence-electron chi connectivity index (χ2n) is 3.41. The molecular weight excluding hydrogens is 238 g/mol. The average Bonchev–Trinajstić information content (AvgIpc) is 2.38. The summed E-state index contributed by atoms with van der Waals surface area (Å²) in [6.45, 7) is 4.60. The van der Waals surface area contributed by atoms with Crippen LogP contribution in [0.2, 0.25) is 0 Å². The van der Waals surface area contributed by atoms with Crippen LogP contribution in [-0.4, -0.2) is 38.0 Å². The lowest BCUT2D eigenvalue weighted by atomic mass is 10.3. The Morgan fingerprint density at radius 2 is 1.67 bits per heavy atom. The first-order chi connectivity index (χ1) is 8.74. The summed E-state index contributed by atoms with van der Waals surface area (Å²) in [5, 5.41) is 10.4. The fraction of sp³-hybridized carbons (Fsp3) is 0.500. The van der Waals surface area contributed by atoms with Crippen LogP contribution in [0.1, 0.15) is 6.92 Å². The summed E-state index contributed by atoms with van der Waals surface area (Å²) < 4.78 is 15.7. The zero-order chi connectivity index (χ0) is 13.2. The minimum absolute atomic E-state index is 0.0512. The maximum atomic E-state index is 10.4. The van der Waals surface area contributed by atoms with Crippen molar-refractivity contribution in [3.05, 3.63) is 34.4 Å². The largest absolute Gasteiger partial charge is 0.491 e. The molecule has 0 atom stereocenters. The lowest BCUT2D eigenvalue weighted by molar-refractivity contribution is -0.384. The first kappa shape index (κ1) is 14.4. The molecule has 100 valence electrons. The van der Waals surface area contributed by atoms with E-state index in [1.165, 1.54) is 12.1 Å². The van der Waals surface area contributed by atoms with E-state index in [1.54, 1.807) is 12.1 Å². The van der Waals surface area contributed by atoms with Crippen LogP contribution >= 0.6 is 0 Å². The number of nitro groups is 1. The minimum Gasteiger partial charge on any atom is -0.491 e.